The lowest BCUT2D eigenvalue weighted by molar-refractivity contribution is 0.0963. The molecule has 90 valence electrons. The molecule has 0 spiro atoms. The van der Waals surface area contributed by atoms with Gasteiger partial charge in [-0.1, -0.05) is 0 Å². The van der Waals surface area contributed by atoms with Crippen LogP contribution in [-0.4, -0.2) is 33.7 Å². The highest BCUT2D eigenvalue weighted by molar-refractivity contribution is 5.97. The van der Waals surface area contributed by atoms with E-state index in [1.165, 1.54) is 0 Å². The second kappa shape index (κ2) is 4.55. The van der Waals surface area contributed by atoms with E-state index in [2.05, 4.69) is 10.3 Å². The number of amides is 1. The molecular formula is C12H15N3O2. The molecule has 0 radical (unpaired) electrons. The number of nitrogens with one attached hydrogen (secondary N) is 1. The van der Waals surface area contributed by atoms with E-state index in [0.717, 1.165) is 11.0 Å². The molecule has 1 aromatic carbocycles. The topological polar surface area (TPSA) is 67.2 Å². The summed E-state index contributed by atoms with van der Waals surface area (Å²) in [5.74, 6) is -0.128. The van der Waals surface area contributed by atoms with E-state index in [-0.39, 0.29) is 5.91 Å². The van der Waals surface area contributed by atoms with Crippen LogP contribution in [0.25, 0.3) is 11.0 Å². The number of carbonyl (C=O) groups is 1. The zero-order valence-corrected chi connectivity index (χ0v) is 9.84. The molecule has 5 nitrogen and oxygen atoms in total. The standard InChI is InChI=1S/C12H15N3O2/c1-8(16)6-15-7-14-10-5-9(12(17)13-2)3-4-11(10)15/h3-5,7-8,16H,6H2,1-2H3,(H,13,17). The minimum absolute atomic E-state index is 0.128. The fourth-order valence-corrected chi connectivity index (χ4v) is 1.78. The summed E-state index contributed by atoms with van der Waals surface area (Å²) in [5.41, 5.74) is 2.26. The van der Waals surface area contributed by atoms with Crippen LogP contribution in [0.5, 0.6) is 0 Å². The molecule has 5 heteroatoms. The lowest BCUT2D eigenvalue weighted by atomic mass is 10.2. The fourth-order valence-electron chi connectivity index (χ4n) is 1.78. The number of fused-ring (bicyclic) bond motifs is 1. The van der Waals surface area contributed by atoms with Crippen molar-refractivity contribution in [2.24, 2.45) is 0 Å². The average molecular weight is 233 g/mol. The smallest absolute Gasteiger partial charge is 0.251 e. The summed E-state index contributed by atoms with van der Waals surface area (Å²) >= 11 is 0. The largest absolute Gasteiger partial charge is 0.392 e. The van der Waals surface area contributed by atoms with Crippen LogP contribution in [0.3, 0.4) is 0 Å². The van der Waals surface area contributed by atoms with Gasteiger partial charge in [0.2, 0.25) is 0 Å². The highest BCUT2D eigenvalue weighted by Crippen LogP contribution is 2.15. The zero-order chi connectivity index (χ0) is 12.4. The van der Waals surface area contributed by atoms with Crippen molar-refractivity contribution >= 4 is 16.9 Å². The molecule has 17 heavy (non-hydrogen) atoms. The second-order valence-electron chi connectivity index (χ2n) is 4.03. The van der Waals surface area contributed by atoms with Gasteiger partial charge in [0.25, 0.3) is 5.91 Å². The molecule has 2 aromatic rings. The van der Waals surface area contributed by atoms with Crippen molar-refractivity contribution in [3.8, 4) is 0 Å². The number of benzene rings is 1. The van der Waals surface area contributed by atoms with Crippen LogP contribution in [0.15, 0.2) is 24.5 Å². The van der Waals surface area contributed by atoms with Crippen molar-refractivity contribution in [3.05, 3.63) is 30.1 Å². The summed E-state index contributed by atoms with van der Waals surface area (Å²) in [6.45, 7) is 2.22. The molecule has 0 fully saturated rings. The van der Waals surface area contributed by atoms with Crippen LogP contribution in [0.4, 0.5) is 0 Å². The van der Waals surface area contributed by atoms with Crippen LogP contribution in [0, 0.1) is 0 Å². The maximum atomic E-state index is 11.5. The summed E-state index contributed by atoms with van der Waals surface area (Å²) in [5, 5.41) is 11.9. The quantitative estimate of drug-likeness (QED) is 0.823. The fraction of sp³-hybridized carbons (Fsp3) is 0.333. The summed E-state index contributed by atoms with van der Waals surface area (Å²) in [4.78, 5) is 15.7. The van der Waals surface area contributed by atoms with Gasteiger partial charge in [-0.15, -0.1) is 0 Å². The molecule has 0 aliphatic rings. The molecule has 0 saturated heterocycles. The predicted octanol–water partition coefficient (Wildman–Crippen LogP) is 0.777. The number of rotatable bonds is 3. The molecule has 0 aliphatic carbocycles. The molecule has 2 N–H and O–H groups in total. The predicted molar refractivity (Wildman–Crippen MR) is 64.8 cm³/mol. The highest BCUT2D eigenvalue weighted by Gasteiger charge is 2.08. The highest BCUT2D eigenvalue weighted by atomic mass is 16.3. The number of imidazole rings is 1. The van der Waals surface area contributed by atoms with E-state index in [1.54, 1.807) is 32.4 Å². The molecule has 2 rings (SSSR count). The normalized spacial score (nSPS) is 12.6. The summed E-state index contributed by atoms with van der Waals surface area (Å²) < 4.78 is 1.87. The van der Waals surface area contributed by atoms with Crippen LogP contribution in [0.1, 0.15) is 17.3 Å². The number of carbonyl (C=O) groups excluding carboxylic acids is 1. The van der Waals surface area contributed by atoms with Crippen molar-refractivity contribution in [1.29, 1.82) is 0 Å². The van der Waals surface area contributed by atoms with E-state index in [4.69, 9.17) is 0 Å². The summed E-state index contributed by atoms with van der Waals surface area (Å²) in [7, 11) is 1.60. The van der Waals surface area contributed by atoms with Gasteiger partial charge in [0, 0.05) is 19.2 Å². The maximum Gasteiger partial charge on any atom is 0.251 e. The second-order valence-corrected chi connectivity index (χ2v) is 4.03. The number of nitrogens with zero attached hydrogens (tertiary/aromatic N) is 2. The maximum absolute atomic E-state index is 11.5. The van der Waals surface area contributed by atoms with E-state index in [1.807, 2.05) is 10.6 Å². The van der Waals surface area contributed by atoms with Gasteiger partial charge in [-0.25, -0.2) is 4.98 Å². The molecule has 1 heterocycles. The van der Waals surface area contributed by atoms with Gasteiger partial charge in [0.05, 0.1) is 23.5 Å². The average Bonchev–Trinajstić information content (AvgIpc) is 2.70. The first-order valence-electron chi connectivity index (χ1n) is 5.47. The van der Waals surface area contributed by atoms with Gasteiger partial charge in [-0.2, -0.15) is 0 Å². The Hall–Kier alpha value is -1.88. The first-order chi connectivity index (χ1) is 8.11. The minimum Gasteiger partial charge on any atom is -0.392 e. The van der Waals surface area contributed by atoms with Gasteiger partial charge in [0.1, 0.15) is 0 Å². The number of aliphatic hydroxyl groups is 1. The van der Waals surface area contributed by atoms with Crippen molar-refractivity contribution < 1.29 is 9.90 Å². The Labute approximate surface area is 99.1 Å². The van der Waals surface area contributed by atoms with Crippen LogP contribution < -0.4 is 5.32 Å². The third-order valence-corrected chi connectivity index (χ3v) is 2.57. The molecule has 1 atom stereocenters. The molecule has 1 unspecified atom stereocenters. The molecule has 0 bridgehead atoms. The molecule has 1 amide bonds. The Kier molecular flexibility index (Phi) is 3.10. The summed E-state index contributed by atoms with van der Waals surface area (Å²) in [6.07, 6.45) is 1.25. The first-order valence-corrected chi connectivity index (χ1v) is 5.47. The molecule has 0 aliphatic heterocycles. The Morgan fingerprint density at radius 1 is 1.59 bits per heavy atom. The Morgan fingerprint density at radius 3 is 3.00 bits per heavy atom. The monoisotopic (exact) mass is 233 g/mol. The van der Waals surface area contributed by atoms with Gasteiger partial charge in [-0.05, 0) is 25.1 Å². The van der Waals surface area contributed by atoms with Gasteiger partial charge >= 0.3 is 0 Å². The van der Waals surface area contributed by atoms with E-state index >= 15 is 0 Å². The van der Waals surface area contributed by atoms with Crippen molar-refractivity contribution in [1.82, 2.24) is 14.9 Å². The number of hydrogen-bond donors (Lipinski definition) is 2. The van der Waals surface area contributed by atoms with Crippen LogP contribution in [-0.2, 0) is 6.54 Å². The van der Waals surface area contributed by atoms with Crippen LogP contribution >= 0.6 is 0 Å². The van der Waals surface area contributed by atoms with E-state index < -0.39 is 6.10 Å². The Balaban J connectivity index is 2.41. The number of aromatic nitrogens is 2. The van der Waals surface area contributed by atoms with E-state index in [0.29, 0.717) is 12.1 Å². The third-order valence-electron chi connectivity index (χ3n) is 2.57. The zero-order valence-electron chi connectivity index (χ0n) is 9.84. The van der Waals surface area contributed by atoms with Gasteiger partial charge < -0.3 is 15.0 Å². The van der Waals surface area contributed by atoms with Gasteiger partial charge in [-0.3, -0.25) is 4.79 Å². The van der Waals surface area contributed by atoms with Gasteiger partial charge in [0.15, 0.2) is 0 Å². The first kappa shape index (κ1) is 11.6. The van der Waals surface area contributed by atoms with Crippen molar-refractivity contribution in [2.45, 2.75) is 19.6 Å². The third kappa shape index (κ3) is 2.29. The Bertz CT molecular complexity index is 546. The van der Waals surface area contributed by atoms with Crippen LogP contribution in [0.2, 0.25) is 0 Å². The summed E-state index contributed by atoms with van der Waals surface area (Å²) in [6, 6.07) is 5.34. The molecule has 0 saturated carbocycles. The number of hydrogen-bond acceptors (Lipinski definition) is 3. The van der Waals surface area contributed by atoms with E-state index in [9.17, 15) is 9.90 Å². The number of aliphatic hydroxyl groups excluding tert-OH is 1. The molecule has 1 aromatic heterocycles. The Morgan fingerprint density at radius 2 is 2.35 bits per heavy atom. The lowest BCUT2D eigenvalue weighted by Gasteiger charge is -2.06. The van der Waals surface area contributed by atoms with Crippen molar-refractivity contribution in [2.75, 3.05) is 7.05 Å². The SMILES string of the molecule is CNC(=O)c1ccc2c(c1)ncn2CC(C)O. The minimum atomic E-state index is -0.425. The lowest BCUT2D eigenvalue weighted by Crippen LogP contribution is -2.17. The molecular weight excluding hydrogens is 218 g/mol. The van der Waals surface area contributed by atoms with Crippen molar-refractivity contribution in [3.63, 3.8) is 0 Å².